The van der Waals surface area contributed by atoms with E-state index in [1.165, 1.54) is 72.8 Å². The van der Waals surface area contributed by atoms with Crippen molar-refractivity contribution < 1.29 is 0 Å². The highest BCUT2D eigenvalue weighted by Crippen LogP contribution is 2.36. The van der Waals surface area contributed by atoms with Crippen molar-refractivity contribution in [1.29, 1.82) is 0 Å². The first-order valence-electron chi connectivity index (χ1n) is 10.5. The maximum Gasteiger partial charge on any atom is -0.0181 e. The summed E-state index contributed by atoms with van der Waals surface area (Å²) in [5, 5.41) is 0. The van der Waals surface area contributed by atoms with Crippen LogP contribution in [-0.4, -0.2) is 0 Å². The summed E-state index contributed by atoms with van der Waals surface area (Å²) in [6.07, 6.45) is 14.8. The van der Waals surface area contributed by atoms with Gasteiger partial charge in [-0.2, -0.15) is 0 Å². The Morgan fingerprint density at radius 2 is 1.88 bits per heavy atom. The molecule has 0 nitrogen and oxygen atoms in total. The molecule has 0 saturated carbocycles. The molecule has 0 bridgehead atoms. The summed E-state index contributed by atoms with van der Waals surface area (Å²) in [6.45, 7) is 13.3. The molecule has 0 heterocycles. The molecule has 2 aliphatic rings. The van der Waals surface area contributed by atoms with E-state index in [1.807, 2.05) is 0 Å². The lowest BCUT2D eigenvalue weighted by molar-refractivity contribution is 0.702. The van der Waals surface area contributed by atoms with Crippen molar-refractivity contribution in [1.82, 2.24) is 0 Å². The zero-order valence-electron chi connectivity index (χ0n) is 16.8. The monoisotopic (exact) mass is 346 g/mol. The molecule has 0 radical (unpaired) electrons. The molecular weight excluding hydrogens is 312 g/mol. The van der Waals surface area contributed by atoms with E-state index in [0.29, 0.717) is 0 Å². The molecule has 0 saturated heterocycles. The number of fused-ring (bicyclic) bond motifs is 1. The van der Waals surface area contributed by atoms with Crippen LogP contribution >= 0.6 is 0 Å². The van der Waals surface area contributed by atoms with Crippen LogP contribution in [0.2, 0.25) is 0 Å². The number of benzene rings is 1. The molecule has 0 N–H and O–H groups in total. The molecule has 0 aromatic heterocycles. The van der Waals surface area contributed by atoms with Crippen molar-refractivity contribution in [2.45, 2.75) is 78.1 Å². The van der Waals surface area contributed by atoms with Gasteiger partial charge >= 0.3 is 0 Å². The minimum Gasteiger partial charge on any atom is -0.0952 e. The minimum absolute atomic E-state index is 1.04. The summed E-state index contributed by atoms with van der Waals surface area (Å²) < 4.78 is 0. The number of hydrogen-bond donors (Lipinski definition) is 0. The fourth-order valence-electron chi connectivity index (χ4n) is 4.43. The van der Waals surface area contributed by atoms with Gasteiger partial charge in [0.25, 0.3) is 0 Å². The van der Waals surface area contributed by atoms with E-state index in [-0.39, 0.29) is 0 Å². The number of allylic oxidation sites excluding steroid dienone is 6. The van der Waals surface area contributed by atoms with Crippen LogP contribution in [0.3, 0.4) is 0 Å². The molecular formula is C26H34. The Labute approximate surface area is 160 Å². The highest BCUT2D eigenvalue weighted by molar-refractivity contribution is 5.81. The Hall–Kier alpha value is -1.82. The van der Waals surface area contributed by atoms with Gasteiger partial charge in [-0.25, -0.2) is 0 Å². The van der Waals surface area contributed by atoms with Crippen LogP contribution in [0.15, 0.2) is 54.2 Å². The Kier molecular flexibility index (Phi) is 6.35. The van der Waals surface area contributed by atoms with E-state index in [0.717, 1.165) is 24.8 Å². The third kappa shape index (κ3) is 4.29. The Morgan fingerprint density at radius 3 is 2.69 bits per heavy atom. The minimum atomic E-state index is 1.04. The fourth-order valence-corrected chi connectivity index (χ4v) is 4.43. The second-order valence-electron chi connectivity index (χ2n) is 8.03. The third-order valence-corrected chi connectivity index (χ3v) is 6.23. The molecule has 2 aliphatic carbocycles. The van der Waals surface area contributed by atoms with E-state index < -0.39 is 0 Å². The topological polar surface area (TPSA) is 0 Å². The average molecular weight is 347 g/mol. The molecule has 0 fully saturated rings. The molecule has 1 aromatic carbocycles. The molecule has 138 valence electrons. The standard InChI is InChI=1S/C26H34/c1-5-25-20(3)13-15-23-16-17-24(18-26(23)25)21(4)19(2)12-14-22-10-8-6-7-9-11-22/h10,16-18H,2,4-9,11-15H2,1,3H3. The van der Waals surface area contributed by atoms with Gasteiger partial charge in [0.05, 0.1) is 0 Å². The van der Waals surface area contributed by atoms with Crippen molar-refractivity contribution >= 4 is 11.1 Å². The normalized spacial score (nSPS) is 17.4. The van der Waals surface area contributed by atoms with E-state index in [4.69, 9.17) is 0 Å². The van der Waals surface area contributed by atoms with Crippen LogP contribution in [0.1, 0.15) is 88.3 Å². The number of rotatable bonds is 6. The summed E-state index contributed by atoms with van der Waals surface area (Å²) >= 11 is 0. The van der Waals surface area contributed by atoms with Crippen LogP contribution in [0.4, 0.5) is 0 Å². The molecule has 0 aliphatic heterocycles. The maximum absolute atomic E-state index is 4.39. The van der Waals surface area contributed by atoms with Crippen LogP contribution in [-0.2, 0) is 6.42 Å². The van der Waals surface area contributed by atoms with Crippen LogP contribution < -0.4 is 0 Å². The summed E-state index contributed by atoms with van der Waals surface area (Å²) in [7, 11) is 0. The average Bonchev–Trinajstić information content (AvgIpc) is 2.93. The zero-order chi connectivity index (χ0) is 18.5. The number of aryl methyl sites for hydroxylation is 1. The van der Waals surface area contributed by atoms with Crippen molar-refractivity contribution in [3.05, 3.63) is 70.8 Å². The van der Waals surface area contributed by atoms with E-state index in [9.17, 15) is 0 Å². The van der Waals surface area contributed by atoms with Crippen LogP contribution in [0, 0.1) is 0 Å². The lowest BCUT2D eigenvalue weighted by Gasteiger charge is -2.22. The second-order valence-corrected chi connectivity index (χ2v) is 8.03. The predicted molar refractivity (Wildman–Crippen MR) is 116 cm³/mol. The summed E-state index contributed by atoms with van der Waals surface area (Å²) in [5.41, 5.74) is 11.3. The highest BCUT2D eigenvalue weighted by Gasteiger charge is 2.17. The van der Waals surface area contributed by atoms with Gasteiger partial charge in [0.15, 0.2) is 0 Å². The first kappa shape index (κ1) is 19.0. The van der Waals surface area contributed by atoms with E-state index >= 15 is 0 Å². The summed E-state index contributed by atoms with van der Waals surface area (Å²) in [6, 6.07) is 6.94. The fraction of sp³-hybridized carbons (Fsp3) is 0.462. The smallest absolute Gasteiger partial charge is 0.0181 e. The van der Waals surface area contributed by atoms with Gasteiger partial charge in [0.2, 0.25) is 0 Å². The predicted octanol–water partition coefficient (Wildman–Crippen LogP) is 8.06. The van der Waals surface area contributed by atoms with Crippen molar-refractivity contribution in [3.63, 3.8) is 0 Å². The molecule has 0 amide bonds. The van der Waals surface area contributed by atoms with Crippen LogP contribution in [0.5, 0.6) is 0 Å². The molecule has 0 heteroatoms. The molecule has 0 atom stereocenters. The first-order chi connectivity index (χ1) is 12.6. The van der Waals surface area contributed by atoms with Gasteiger partial charge in [0, 0.05) is 0 Å². The second kappa shape index (κ2) is 8.71. The molecule has 3 rings (SSSR count). The lowest BCUT2D eigenvalue weighted by Crippen LogP contribution is -2.04. The summed E-state index contributed by atoms with van der Waals surface area (Å²) in [5.74, 6) is 0. The molecule has 1 aromatic rings. The summed E-state index contributed by atoms with van der Waals surface area (Å²) in [4.78, 5) is 0. The largest absolute Gasteiger partial charge is 0.0952 e. The van der Waals surface area contributed by atoms with Gasteiger partial charge in [-0.1, -0.05) is 55.9 Å². The van der Waals surface area contributed by atoms with E-state index in [1.54, 1.807) is 11.1 Å². The van der Waals surface area contributed by atoms with Crippen molar-refractivity contribution in [3.8, 4) is 0 Å². The molecule has 26 heavy (non-hydrogen) atoms. The van der Waals surface area contributed by atoms with Crippen molar-refractivity contribution in [2.24, 2.45) is 0 Å². The molecule has 0 spiro atoms. The Morgan fingerprint density at radius 1 is 1.04 bits per heavy atom. The maximum atomic E-state index is 4.39. The van der Waals surface area contributed by atoms with Crippen molar-refractivity contribution in [2.75, 3.05) is 0 Å². The van der Waals surface area contributed by atoms with Gasteiger partial charge < -0.3 is 0 Å². The Balaban J connectivity index is 1.71. The van der Waals surface area contributed by atoms with Gasteiger partial charge in [-0.05, 0) is 104 Å². The Bertz CT molecular complexity index is 754. The van der Waals surface area contributed by atoms with Gasteiger partial charge in [-0.3, -0.25) is 0 Å². The van der Waals surface area contributed by atoms with Crippen LogP contribution in [0.25, 0.3) is 11.1 Å². The van der Waals surface area contributed by atoms with Gasteiger partial charge in [0.1, 0.15) is 0 Å². The third-order valence-electron chi connectivity index (χ3n) is 6.23. The van der Waals surface area contributed by atoms with E-state index in [2.05, 4.69) is 51.3 Å². The number of hydrogen-bond acceptors (Lipinski definition) is 0. The lowest BCUT2D eigenvalue weighted by atomic mass is 9.82. The molecule has 0 unspecified atom stereocenters. The highest BCUT2D eigenvalue weighted by atomic mass is 14.2. The zero-order valence-corrected chi connectivity index (χ0v) is 16.8. The SMILES string of the molecule is C=C(CCC1=CCCCCC1)C(=C)c1ccc2c(c1)C(CC)=C(C)CC2. The quantitative estimate of drug-likeness (QED) is 0.361. The van der Waals surface area contributed by atoms with Gasteiger partial charge in [-0.15, -0.1) is 0 Å². The first-order valence-corrected chi connectivity index (χ1v) is 10.5.